The van der Waals surface area contributed by atoms with E-state index in [-0.39, 0.29) is 12.2 Å². The maximum absolute atomic E-state index is 9.92. The highest BCUT2D eigenvalue weighted by atomic mass is 16.7. The molecule has 0 aromatic carbocycles. The van der Waals surface area contributed by atoms with E-state index in [1.165, 1.54) is 14.2 Å². The Morgan fingerprint density at radius 2 is 1.62 bits per heavy atom. The van der Waals surface area contributed by atoms with Crippen LogP contribution in [0.3, 0.4) is 0 Å². The molecule has 0 saturated carbocycles. The minimum absolute atomic E-state index is 0.326. The van der Waals surface area contributed by atoms with Gasteiger partial charge in [-0.15, -0.1) is 0 Å². The number of hydrogen-bond acceptors (Lipinski definition) is 6. The van der Waals surface area contributed by atoms with E-state index in [2.05, 4.69) is 0 Å². The second kappa shape index (κ2) is 6.48. The highest BCUT2D eigenvalue weighted by Gasteiger charge is 2.46. The van der Waals surface area contributed by atoms with Crippen LogP contribution in [0.2, 0.25) is 0 Å². The van der Waals surface area contributed by atoms with Crippen molar-refractivity contribution in [2.45, 2.75) is 30.7 Å². The van der Waals surface area contributed by atoms with Gasteiger partial charge in [-0.05, 0) is 0 Å². The summed E-state index contributed by atoms with van der Waals surface area (Å²) in [5, 5.41) is 9.92. The van der Waals surface area contributed by atoms with Crippen molar-refractivity contribution in [3.63, 3.8) is 0 Å². The summed E-state index contributed by atoms with van der Waals surface area (Å²) < 4.78 is 26.1. The summed E-state index contributed by atoms with van der Waals surface area (Å²) in [6.07, 6.45) is -2.81. The van der Waals surface area contributed by atoms with Gasteiger partial charge in [-0.25, -0.2) is 0 Å². The number of aliphatic hydroxyl groups is 1. The van der Waals surface area contributed by atoms with Crippen LogP contribution in [0.5, 0.6) is 0 Å². The molecule has 2 unspecified atom stereocenters. The molecule has 1 saturated heterocycles. The lowest BCUT2D eigenvalue weighted by atomic mass is 9.99. The quantitative estimate of drug-likeness (QED) is 0.687. The number of rotatable bonds is 5. The van der Waals surface area contributed by atoms with Gasteiger partial charge in [0, 0.05) is 28.4 Å². The molecule has 1 aliphatic rings. The molecule has 1 rings (SSSR count). The standard InChI is InChI=1S/C10H20O6/c1-12-5-6-8(13-2)9(14-3)7(11)10(15-4)16-6/h6-11H,5H2,1-4H3/t6?,7?,8-,9+,10+/m1/s1. The number of ether oxygens (including phenoxy) is 5. The Morgan fingerprint density at radius 3 is 2.06 bits per heavy atom. The molecule has 1 fully saturated rings. The van der Waals surface area contributed by atoms with E-state index in [0.717, 1.165) is 0 Å². The van der Waals surface area contributed by atoms with Gasteiger partial charge >= 0.3 is 0 Å². The van der Waals surface area contributed by atoms with Crippen molar-refractivity contribution in [1.82, 2.24) is 0 Å². The van der Waals surface area contributed by atoms with Crippen molar-refractivity contribution in [3.8, 4) is 0 Å². The van der Waals surface area contributed by atoms with Crippen LogP contribution in [-0.4, -0.2) is 70.9 Å². The highest BCUT2D eigenvalue weighted by Crippen LogP contribution is 2.25. The Labute approximate surface area is 95.4 Å². The average Bonchev–Trinajstić information content (AvgIpc) is 2.30. The van der Waals surface area contributed by atoms with Gasteiger partial charge in [-0.1, -0.05) is 0 Å². The van der Waals surface area contributed by atoms with Crippen molar-refractivity contribution in [2.24, 2.45) is 0 Å². The van der Waals surface area contributed by atoms with Crippen molar-refractivity contribution in [2.75, 3.05) is 35.0 Å². The van der Waals surface area contributed by atoms with Crippen LogP contribution in [0.25, 0.3) is 0 Å². The maximum atomic E-state index is 9.92. The lowest BCUT2D eigenvalue weighted by molar-refractivity contribution is -0.302. The molecule has 0 amide bonds. The Hall–Kier alpha value is -0.240. The zero-order valence-electron chi connectivity index (χ0n) is 10.1. The number of hydrogen-bond donors (Lipinski definition) is 1. The third-order valence-corrected chi connectivity index (χ3v) is 2.72. The van der Waals surface area contributed by atoms with E-state index in [4.69, 9.17) is 23.7 Å². The van der Waals surface area contributed by atoms with E-state index in [9.17, 15) is 5.11 Å². The molecule has 0 bridgehead atoms. The summed E-state index contributed by atoms with van der Waals surface area (Å²) in [4.78, 5) is 0. The summed E-state index contributed by atoms with van der Waals surface area (Å²) in [5.74, 6) is 0. The van der Waals surface area contributed by atoms with Crippen LogP contribution >= 0.6 is 0 Å². The fraction of sp³-hybridized carbons (Fsp3) is 1.00. The number of methoxy groups -OCH3 is 4. The van der Waals surface area contributed by atoms with Crippen LogP contribution in [0.1, 0.15) is 0 Å². The van der Waals surface area contributed by atoms with E-state index in [0.29, 0.717) is 6.61 Å². The molecule has 5 atom stereocenters. The summed E-state index contributed by atoms with van der Waals surface area (Å²) in [7, 11) is 6.10. The summed E-state index contributed by atoms with van der Waals surface area (Å²) in [6, 6.07) is 0. The zero-order chi connectivity index (χ0) is 12.1. The van der Waals surface area contributed by atoms with Crippen molar-refractivity contribution in [1.29, 1.82) is 0 Å². The SMILES string of the molecule is COCC1O[C@H](OC)C(O)[C@H](OC)[C@@H]1OC. The van der Waals surface area contributed by atoms with Crippen LogP contribution in [-0.2, 0) is 23.7 Å². The minimum atomic E-state index is -0.881. The fourth-order valence-corrected chi connectivity index (χ4v) is 1.94. The van der Waals surface area contributed by atoms with Gasteiger partial charge in [-0.2, -0.15) is 0 Å². The normalized spacial score (nSPS) is 39.9. The van der Waals surface area contributed by atoms with Gasteiger partial charge in [0.15, 0.2) is 6.29 Å². The first-order valence-corrected chi connectivity index (χ1v) is 5.10. The third kappa shape index (κ3) is 2.71. The lowest BCUT2D eigenvalue weighted by Crippen LogP contribution is -2.60. The van der Waals surface area contributed by atoms with Gasteiger partial charge in [0.1, 0.15) is 24.4 Å². The van der Waals surface area contributed by atoms with Crippen molar-refractivity contribution >= 4 is 0 Å². The molecule has 0 aromatic heterocycles. The Kier molecular flexibility index (Phi) is 5.60. The maximum Gasteiger partial charge on any atom is 0.186 e. The molecular weight excluding hydrogens is 216 g/mol. The van der Waals surface area contributed by atoms with Gasteiger partial charge in [0.05, 0.1) is 6.61 Å². The average molecular weight is 236 g/mol. The molecule has 0 radical (unpaired) electrons. The molecule has 0 aliphatic carbocycles. The number of aliphatic hydroxyl groups excluding tert-OH is 1. The van der Waals surface area contributed by atoms with Gasteiger partial charge < -0.3 is 28.8 Å². The van der Waals surface area contributed by atoms with E-state index in [1.807, 2.05) is 0 Å². The van der Waals surface area contributed by atoms with Crippen LogP contribution in [0.4, 0.5) is 0 Å². The second-order valence-corrected chi connectivity index (χ2v) is 3.63. The Balaban J connectivity index is 2.77. The summed E-state index contributed by atoms with van der Waals surface area (Å²) in [5.41, 5.74) is 0. The Morgan fingerprint density at radius 1 is 1.00 bits per heavy atom. The fourth-order valence-electron chi connectivity index (χ4n) is 1.94. The summed E-state index contributed by atoms with van der Waals surface area (Å²) >= 11 is 0. The molecule has 96 valence electrons. The molecule has 6 heteroatoms. The zero-order valence-corrected chi connectivity index (χ0v) is 10.1. The minimum Gasteiger partial charge on any atom is -0.385 e. The lowest BCUT2D eigenvalue weighted by Gasteiger charge is -2.42. The first kappa shape index (κ1) is 13.8. The van der Waals surface area contributed by atoms with E-state index < -0.39 is 18.5 Å². The van der Waals surface area contributed by atoms with Crippen LogP contribution < -0.4 is 0 Å². The van der Waals surface area contributed by atoms with Crippen molar-refractivity contribution in [3.05, 3.63) is 0 Å². The van der Waals surface area contributed by atoms with Gasteiger partial charge in [-0.3, -0.25) is 0 Å². The molecule has 1 aliphatic heterocycles. The van der Waals surface area contributed by atoms with Crippen molar-refractivity contribution < 1.29 is 28.8 Å². The van der Waals surface area contributed by atoms with Crippen LogP contribution in [0.15, 0.2) is 0 Å². The predicted octanol–water partition coefficient (Wildman–Crippen LogP) is -0.605. The highest BCUT2D eigenvalue weighted by molar-refractivity contribution is 4.91. The second-order valence-electron chi connectivity index (χ2n) is 3.63. The van der Waals surface area contributed by atoms with E-state index >= 15 is 0 Å². The monoisotopic (exact) mass is 236 g/mol. The molecule has 1 heterocycles. The third-order valence-electron chi connectivity index (χ3n) is 2.72. The molecule has 6 nitrogen and oxygen atoms in total. The molecule has 16 heavy (non-hydrogen) atoms. The van der Waals surface area contributed by atoms with Crippen LogP contribution in [0, 0.1) is 0 Å². The van der Waals surface area contributed by atoms with Gasteiger partial charge in [0.2, 0.25) is 0 Å². The molecule has 0 aromatic rings. The molecule has 0 spiro atoms. The molecular formula is C10H20O6. The molecule has 1 N–H and O–H groups in total. The predicted molar refractivity (Wildman–Crippen MR) is 55.1 cm³/mol. The Bertz CT molecular complexity index is 196. The first-order chi connectivity index (χ1) is 7.69. The summed E-state index contributed by atoms with van der Waals surface area (Å²) in [6.45, 7) is 0.352. The van der Waals surface area contributed by atoms with Gasteiger partial charge in [0.25, 0.3) is 0 Å². The van der Waals surface area contributed by atoms with E-state index in [1.54, 1.807) is 14.2 Å². The smallest absolute Gasteiger partial charge is 0.186 e. The largest absolute Gasteiger partial charge is 0.385 e. The first-order valence-electron chi connectivity index (χ1n) is 5.10. The topological polar surface area (TPSA) is 66.4 Å².